The molecule has 2 heterocycles. The minimum Gasteiger partial charge on any atom is -0.507 e. The maximum Gasteiger partial charge on any atom is 0.250 e. The maximum absolute atomic E-state index is 11.8. The molecule has 2 aromatic rings. The fraction of sp³-hybridized carbons (Fsp3) is 0.565. The molecule has 8 nitrogen and oxygen atoms in total. The van der Waals surface area contributed by atoms with Crippen molar-refractivity contribution in [1.29, 1.82) is 0 Å². The van der Waals surface area contributed by atoms with Gasteiger partial charge in [-0.05, 0) is 62.5 Å². The smallest absolute Gasteiger partial charge is 0.250 e. The van der Waals surface area contributed by atoms with Crippen LogP contribution in [0.1, 0.15) is 63.4 Å². The van der Waals surface area contributed by atoms with Crippen molar-refractivity contribution in [3.05, 3.63) is 35.9 Å². The van der Waals surface area contributed by atoms with E-state index in [1.165, 1.54) is 0 Å². The topological polar surface area (TPSA) is 108 Å². The van der Waals surface area contributed by atoms with Crippen LogP contribution >= 0.6 is 0 Å². The van der Waals surface area contributed by atoms with Crippen LogP contribution in [0.15, 0.2) is 34.7 Å². The zero-order valence-electron chi connectivity index (χ0n) is 18.7. The van der Waals surface area contributed by atoms with Crippen LogP contribution < -0.4 is 0 Å². The summed E-state index contributed by atoms with van der Waals surface area (Å²) in [7, 11) is -3.46. The molecule has 32 heavy (non-hydrogen) atoms. The lowest BCUT2D eigenvalue weighted by atomic mass is 9.82. The predicted octanol–water partition coefficient (Wildman–Crippen LogP) is 4.06. The number of rotatable bonds is 6. The summed E-state index contributed by atoms with van der Waals surface area (Å²) in [5.41, 5.74) is 3.21. The van der Waals surface area contributed by atoms with E-state index >= 15 is 0 Å². The number of likely N-dealkylation sites (tertiary alicyclic amines) is 1. The van der Waals surface area contributed by atoms with Gasteiger partial charge in [0.25, 0.3) is 10.0 Å². The lowest BCUT2D eigenvalue weighted by molar-refractivity contribution is 0.0946. The SMILES string of the molecule is CCCN1CCCC(=N\S(C)(=O)=O)/C1=C/OC1CCC(c2ccc3[nH]ncc3c2O)CC1. The summed E-state index contributed by atoms with van der Waals surface area (Å²) >= 11 is 0. The fourth-order valence-corrected chi connectivity index (χ4v) is 5.41. The van der Waals surface area contributed by atoms with Gasteiger partial charge in [-0.25, -0.2) is 8.42 Å². The van der Waals surface area contributed by atoms with E-state index in [1.807, 2.05) is 12.1 Å². The van der Waals surface area contributed by atoms with Gasteiger partial charge in [-0.1, -0.05) is 13.0 Å². The van der Waals surface area contributed by atoms with Crippen molar-refractivity contribution in [3.63, 3.8) is 0 Å². The van der Waals surface area contributed by atoms with Crippen LogP contribution in [0.5, 0.6) is 5.75 Å². The first-order valence-corrected chi connectivity index (χ1v) is 13.2. The third-order valence-corrected chi connectivity index (χ3v) is 6.91. The molecule has 4 rings (SSSR count). The van der Waals surface area contributed by atoms with Gasteiger partial charge in [0.1, 0.15) is 12.0 Å². The Labute approximate surface area is 189 Å². The van der Waals surface area contributed by atoms with E-state index < -0.39 is 10.0 Å². The number of aromatic hydroxyl groups is 1. The molecule has 2 aliphatic rings. The van der Waals surface area contributed by atoms with Crippen LogP contribution in [0.4, 0.5) is 0 Å². The number of hydrogen-bond acceptors (Lipinski definition) is 6. The quantitative estimate of drug-likeness (QED) is 0.630. The Balaban J connectivity index is 1.44. The molecular weight excluding hydrogens is 428 g/mol. The molecule has 0 bridgehead atoms. The monoisotopic (exact) mass is 460 g/mol. The highest BCUT2D eigenvalue weighted by molar-refractivity contribution is 7.89. The number of allylic oxidation sites excluding steroid dienone is 1. The number of H-pyrrole nitrogens is 1. The van der Waals surface area contributed by atoms with Gasteiger partial charge in [-0.3, -0.25) is 5.10 Å². The number of nitrogens with zero attached hydrogens (tertiary/aromatic N) is 3. The molecular formula is C23H32N4O4S. The average molecular weight is 461 g/mol. The molecule has 1 aromatic carbocycles. The zero-order valence-corrected chi connectivity index (χ0v) is 19.6. The van der Waals surface area contributed by atoms with Crippen molar-refractivity contribution in [1.82, 2.24) is 15.1 Å². The Bertz CT molecular complexity index is 1110. The number of aromatic amines is 1. The second kappa shape index (κ2) is 9.52. The molecule has 1 saturated heterocycles. The van der Waals surface area contributed by atoms with Gasteiger partial charge in [0.05, 0.1) is 40.9 Å². The van der Waals surface area contributed by atoms with Gasteiger partial charge in [0.15, 0.2) is 0 Å². The van der Waals surface area contributed by atoms with Gasteiger partial charge < -0.3 is 14.7 Å². The number of hydrogen-bond donors (Lipinski definition) is 2. The number of phenolic OH excluding ortho intramolecular Hbond substituents is 1. The third-order valence-electron chi connectivity index (χ3n) is 6.36. The largest absolute Gasteiger partial charge is 0.507 e. The highest BCUT2D eigenvalue weighted by Gasteiger charge is 2.27. The molecule has 0 spiro atoms. The lowest BCUT2D eigenvalue weighted by Gasteiger charge is -2.33. The number of fused-ring (bicyclic) bond motifs is 1. The Morgan fingerprint density at radius 2 is 2.09 bits per heavy atom. The van der Waals surface area contributed by atoms with Crippen molar-refractivity contribution in [2.45, 2.75) is 63.9 Å². The van der Waals surface area contributed by atoms with Crippen molar-refractivity contribution in [3.8, 4) is 5.75 Å². The van der Waals surface area contributed by atoms with E-state index in [2.05, 4.69) is 26.4 Å². The summed E-state index contributed by atoms with van der Waals surface area (Å²) < 4.78 is 33.7. The highest BCUT2D eigenvalue weighted by atomic mass is 32.2. The molecule has 0 unspecified atom stereocenters. The van der Waals surface area contributed by atoms with Crippen molar-refractivity contribution in [2.75, 3.05) is 19.3 Å². The molecule has 0 amide bonds. The summed E-state index contributed by atoms with van der Waals surface area (Å²) in [6.45, 7) is 3.84. The van der Waals surface area contributed by atoms with Crippen LogP contribution in [0, 0.1) is 0 Å². The van der Waals surface area contributed by atoms with E-state index in [-0.39, 0.29) is 12.0 Å². The number of ether oxygens (including phenoxy) is 1. The van der Waals surface area contributed by atoms with E-state index in [0.29, 0.717) is 17.9 Å². The van der Waals surface area contributed by atoms with Crippen LogP contribution in [0.25, 0.3) is 10.9 Å². The Kier molecular flexibility index (Phi) is 6.74. The normalized spacial score (nSPS) is 25.0. The number of aromatic nitrogens is 2. The lowest BCUT2D eigenvalue weighted by Crippen LogP contribution is -2.35. The minimum absolute atomic E-state index is 0.0726. The first-order valence-electron chi connectivity index (χ1n) is 11.4. The number of benzene rings is 1. The maximum atomic E-state index is 11.8. The van der Waals surface area contributed by atoms with Gasteiger partial charge in [-0.15, -0.1) is 0 Å². The third kappa shape index (κ3) is 5.09. The molecule has 1 aromatic heterocycles. The molecule has 9 heteroatoms. The Morgan fingerprint density at radius 3 is 2.81 bits per heavy atom. The van der Waals surface area contributed by atoms with Crippen molar-refractivity contribution >= 4 is 26.6 Å². The molecule has 2 fully saturated rings. The van der Waals surface area contributed by atoms with Crippen molar-refractivity contribution in [2.24, 2.45) is 4.40 Å². The van der Waals surface area contributed by atoms with Crippen LogP contribution in [-0.4, -0.2) is 59.8 Å². The average Bonchev–Trinajstić information content (AvgIpc) is 3.23. The molecule has 1 saturated carbocycles. The van der Waals surface area contributed by atoms with E-state index in [1.54, 1.807) is 12.5 Å². The minimum atomic E-state index is -3.46. The summed E-state index contributed by atoms with van der Waals surface area (Å²) in [5, 5.41) is 18.3. The summed E-state index contributed by atoms with van der Waals surface area (Å²) in [4.78, 5) is 2.18. The van der Waals surface area contributed by atoms with Gasteiger partial charge in [0.2, 0.25) is 0 Å². The highest BCUT2D eigenvalue weighted by Crippen LogP contribution is 2.40. The van der Waals surface area contributed by atoms with Gasteiger partial charge in [-0.2, -0.15) is 9.50 Å². The zero-order chi connectivity index (χ0) is 22.7. The molecule has 2 N–H and O–H groups in total. The number of sulfonamides is 1. The van der Waals surface area contributed by atoms with Crippen LogP contribution in [-0.2, 0) is 14.8 Å². The van der Waals surface area contributed by atoms with Crippen molar-refractivity contribution < 1.29 is 18.3 Å². The molecule has 1 aliphatic heterocycles. The second-order valence-electron chi connectivity index (χ2n) is 8.81. The Hall–Kier alpha value is -2.55. The Morgan fingerprint density at radius 1 is 1.31 bits per heavy atom. The summed E-state index contributed by atoms with van der Waals surface area (Å²) in [5.74, 6) is 0.609. The molecule has 0 atom stereocenters. The summed E-state index contributed by atoms with van der Waals surface area (Å²) in [6.07, 6.45) is 10.7. The first kappa shape index (κ1) is 22.6. The van der Waals surface area contributed by atoms with Gasteiger partial charge >= 0.3 is 0 Å². The van der Waals surface area contributed by atoms with Gasteiger partial charge in [0, 0.05) is 13.1 Å². The summed E-state index contributed by atoms with van der Waals surface area (Å²) in [6, 6.07) is 3.96. The predicted molar refractivity (Wildman–Crippen MR) is 125 cm³/mol. The van der Waals surface area contributed by atoms with E-state index in [4.69, 9.17) is 4.74 Å². The standard InChI is InChI=1S/C23H32N4O4S/c1-3-12-27-13-4-5-21(26-32(2,29)30)22(27)15-31-17-8-6-16(7-9-17)18-10-11-20-19(23(18)28)14-24-25-20/h10-11,14-17,28H,3-9,12-13H2,1-2H3,(H,24,25)/b22-15-,26-21+. The van der Waals surface area contributed by atoms with Crippen LogP contribution in [0.3, 0.4) is 0 Å². The van der Waals surface area contributed by atoms with Crippen LogP contribution in [0.2, 0.25) is 0 Å². The number of phenols is 1. The van der Waals surface area contributed by atoms with E-state index in [0.717, 1.165) is 80.0 Å². The molecule has 1 aliphatic carbocycles. The molecule has 0 radical (unpaired) electrons. The number of nitrogens with one attached hydrogen (secondary N) is 1. The second-order valence-corrected chi connectivity index (χ2v) is 10.5. The fourth-order valence-electron chi connectivity index (χ4n) is 4.83. The molecule has 174 valence electrons. The van der Waals surface area contributed by atoms with E-state index in [9.17, 15) is 13.5 Å². The number of piperidine rings is 1. The first-order chi connectivity index (χ1) is 15.4.